The van der Waals surface area contributed by atoms with E-state index in [0.29, 0.717) is 0 Å². The van der Waals surface area contributed by atoms with E-state index >= 15 is 0 Å². The molecular formula is C21H16S4. The van der Waals surface area contributed by atoms with Crippen LogP contribution in [-0.4, -0.2) is 0 Å². The first-order chi connectivity index (χ1) is 12.0. The lowest BCUT2D eigenvalue weighted by Crippen LogP contribution is -1.80. The molecule has 0 saturated carbocycles. The van der Waals surface area contributed by atoms with Crippen LogP contribution in [0.5, 0.6) is 0 Å². The van der Waals surface area contributed by atoms with Gasteiger partial charge in [-0.2, -0.15) is 0 Å². The highest BCUT2D eigenvalue weighted by molar-refractivity contribution is 7.81. The molecule has 0 nitrogen and oxygen atoms in total. The maximum atomic E-state index is 4.92. The van der Waals surface area contributed by atoms with Crippen LogP contribution in [-0.2, 0) is 0 Å². The zero-order valence-corrected chi connectivity index (χ0v) is 17.5. The molecule has 0 N–H and O–H groups in total. The molecule has 0 aliphatic heterocycles. The van der Waals surface area contributed by atoms with Gasteiger partial charge < -0.3 is 0 Å². The number of thiol groups is 1. The molecule has 0 amide bonds. The summed E-state index contributed by atoms with van der Waals surface area (Å²) in [5.74, 6) is 0. The van der Waals surface area contributed by atoms with E-state index in [9.17, 15) is 0 Å². The molecule has 0 bridgehead atoms. The van der Waals surface area contributed by atoms with E-state index in [2.05, 4.69) is 57.2 Å². The number of benzene rings is 2. The molecule has 0 fully saturated rings. The summed E-state index contributed by atoms with van der Waals surface area (Å²) in [5, 5.41) is 3.97. The minimum atomic E-state index is 1.11. The second-order valence-corrected chi connectivity index (χ2v) is 10.7. The van der Waals surface area contributed by atoms with Gasteiger partial charge in [0.25, 0.3) is 0 Å². The Morgan fingerprint density at radius 2 is 1.32 bits per heavy atom. The van der Waals surface area contributed by atoms with Gasteiger partial charge in [-0.1, -0.05) is 0 Å². The largest absolute Gasteiger partial charge is 0.141 e. The van der Waals surface area contributed by atoms with Crippen molar-refractivity contribution >= 4 is 76.9 Å². The van der Waals surface area contributed by atoms with E-state index in [4.69, 9.17) is 12.6 Å². The summed E-state index contributed by atoms with van der Waals surface area (Å²) in [6.07, 6.45) is 0. The average molecular weight is 397 g/mol. The monoisotopic (exact) mass is 396 g/mol. The van der Waals surface area contributed by atoms with Crippen LogP contribution in [0.1, 0.15) is 15.3 Å². The quantitative estimate of drug-likeness (QED) is 0.271. The maximum Gasteiger partial charge on any atom is 0.0491 e. The average Bonchev–Trinajstić information content (AvgIpc) is 3.18. The van der Waals surface area contributed by atoms with E-state index in [0.717, 1.165) is 4.90 Å². The fourth-order valence-corrected chi connectivity index (χ4v) is 7.13. The molecular weight excluding hydrogens is 380 g/mol. The van der Waals surface area contributed by atoms with Crippen molar-refractivity contribution in [3.8, 4) is 10.4 Å². The number of rotatable bonds is 1. The Morgan fingerprint density at radius 3 is 2.04 bits per heavy atom. The smallest absolute Gasteiger partial charge is 0.0491 e. The van der Waals surface area contributed by atoms with Crippen molar-refractivity contribution in [1.82, 2.24) is 0 Å². The molecule has 2 aromatic carbocycles. The topological polar surface area (TPSA) is 0 Å². The van der Waals surface area contributed by atoms with Crippen molar-refractivity contribution in [3.63, 3.8) is 0 Å². The summed E-state index contributed by atoms with van der Waals surface area (Å²) >= 11 is 10.5. The molecule has 0 aliphatic rings. The van der Waals surface area contributed by atoms with Crippen molar-refractivity contribution in [3.05, 3.63) is 51.7 Å². The van der Waals surface area contributed by atoms with Gasteiger partial charge in [-0.3, -0.25) is 0 Å². The van der Waals surface area contributed by atoms with E-state index in [1.165, 1.54) is 56.0 Å². The first-order valence-corrected chi connectivity index (χ1v) is 11.1. The number of hydrogen-bond donors (Lipinski definition) is 1. The van der Waals surface area contributed by atoms with Gasteiger partial charge in [-0.05, 0) is 79.1 Å². The maximum absolute atomic E-state index is 4.92. The molecule has 4 heteroatoms. The van der Waals surface area contributed by atoms with Gasteiger partial charge in [0.15, 0.2) is 0 Å². The van der Waals surface area contributed by atoms with Crippen LogP contribution in [0.25, 0.3) is 40.7 Å². The Labute approximate surface area is 164 Å². The van der Waals surface area contributed by atoms with Crippen LogP contribution < -0.4 is 0 Å². The first kappa shape index (κ1) is 15.9. The highest BCUT2D eigenvalue weighted by Crippen LogP contribution is 2.45. The third kappa shape index (κ3) is 2.47. The number of fused-ring (bicyclic) bond motifs is 3. The van der Waals surface area contributed by atoms with Crippen LogP contribution in [0.4, 0.5) is 0 Å². The Morgan fingerprint density at radius 1 is 0.680 bits per heavy atom. The van der Waals surface area contributed by atoms with E-state index in [1.54, 1.807) is 0 Å². The van der Waals surface area contributed by atoms with Crippen molar-refractivity contribution < 1.29 is 0 Å². The third-order valence-electron chi connectivity index (χ3n) is 4.66. The molecule has 0 radical (unpaired) electrons. The SMILES string of the molecule is Cc1cc2cc(C)c(-c3sc4cc5cc(C)sc5cc4c3S)cc2s1. The van der Waals surface area contributed by atoms with Crippen LogP contribution >= 0.6 is 46.6 Å². The first-order valence-electron chi connectivity index (χ1n) is 8.16. The van der Waals surface area contributed by atoms with Crippen LogP contribution in [0, 0.1) is 20.8 Å². The molecule has 0 saturated heterocycles. The normalized spacial score (nSPS) is 12.0. The predicted molar refractivity (Wildman–Crippen MR) is 119 cm³/mol. The Bertz CT molecular complexity index is 1280. The zero-order chi connectivity index (χ0) is 17.3. The van der Waals surface area contributed by atoms with Crippen LogP contribution in [0.15, 0.2) is 41.3 Å². The van der Waals surface area contributed by atoms with Gasteiger partial charge in [0, 0.05) is 39.0 Å². The van der Waals surface area contributed by atoms with E-state index in [1.807, 2.05) is 34.0 Å². The summed E-state index contributed by atoms with van der Waals surface area (Å²) in [5.41, 5.74) is 2.64. The predicted octanol–water partition coefficient (Wildman–Crippen LogP) is 8.21. The van der Waals surface area contributed by atoms with Gasteiger partial charge in [0.1, 0.15) is 0 Å². The molecule has 0 atom stereocenters. The lowest BCUT2D eigenvalue weighted by Gasteiger charge is -2.05. The summed E-state index contributed by atoms with van der Waals surface area (Å²) in [6, 6.07) is 13.9. The number of aryl methyl sites for hydroxylation is 3. The molecule has 0 unspecified atom stereocenters. The summed E-state index contributed by atoms with van der Waals surface area (Å²) < 4.78 is 4.04. The van der Waals surface area contributed by atoms with Gasteiger partial charge in [0.05, 0.1) is 0 Å². The van der Waals surface area contributed by atoms with Gasteiger partial charge in [-0.25, -0.2) is 0 Å². The van der Waals surface area contributed by atoms with Crippen molar-refractivity contribution in [2.24, 2.45) is 0 Å². The minimum absolute atomic E-state index is 1.11. The molecule has 3 aromatic heterocycles. The standard InChI is InChI=1S/C21H16S4/c1-10-4-13-5-11(2)23-17(13)8-15(10)21-20(22)16-9-18-14(6-12(3)24-18)7-19(16)25-21/h4-9,22H,1-3H3. The number of thiophene rings is 3. The van der Waals surface area contributed by atoms with Gasteiger partial charge in [0.2, 0.25) is 0 Å². The summed E-state index contributed by atoms with van der Waals surface area (Å²) in [7, 11) is 0. The Kier molecular flexibility index (Phi) is 3.55. The van der Waals surface area contributed by atoms with E-state index in [-0.39, 0.29) is 0 Å². The molecule has 5 rings (SSSR count). The third-order valence-corrected chi connectivity index (χ3v) is 8.48. The number of hydrogen-bond acceptors (Lipinski definition) is 4. The van der Waals surface area contributed by atoms with Gasteiger partial charge in [-0.15, -0.1) is 46.6 Å². The summed E-state index contributed by atoms with van der Waals surface area (Å²) in [4.78, 5) is 5.13. The molecule has 124 valence electrons. The van der Waals surface area contributed by atoms with Crippen molar-refractivity contribution in [1.29, 1.82) is 0 Å². The fraction of sp³-hybridized carbons (Fsp3) is 0.143. The Hall–Kier alpha value is -1.33. The molecule has 3 heterocycles. The zero-order valence-electron chi connectivity index (χ0n) is 14.1. The lowest BCUT2D eigenvalue weighted by molar-refractivity contribution is 1.49. The van der Waals surface area contributed by atoms with Crippen molar-refractivity contribution in [2.45, 2.75) is 25.7 Å². The lowest BCUT2D eigenvalue weighted by atomic mass is 10.0. The minimum Gasteiger partial charge on any atom is -0.141 e. The van der Waals surface area contributed by atoms with Gasteiger partial charge >= 0.3 is 0 Å². The van der Waals surface area contributed by atoms with Crippen molar-refractivity contribution in [2.75, 3.05) is 0 Å². The highest BCUT2D eigenvalue weighted by atomic mass is 32.1. The van der Waals surface area contributed by atoms with Crippen LogP contribution in [0.2, 0.25) is 0 Å². The summed E-state index contributed by atoms with van der Waals surface area (Å²) in [6.45, 7) is 6.56. The second-order valence-electron chi connectivity index (χ2n) is 6.59. The molecule has 0 spiro atoms. The highest BCUT2D eigenvalue weighted by Gasteiger charge is 2.16. The second kappa shape index (κ2) is 5.58. The Balaban J connectivity index is 1.79. The molecule has 25 heavy (non-hydrogen) atoms. The fourth-order valence-electron chi connectivity index (χ4n) is 3.51. The van der Waals surface area contributed by atoms with E-state index < -0.39 is 0 Å². The van der Waals surface area contributed by atoms with Crippen LogP contribution in [0.3, 0.4) is 0 Å². The molecule has 0 aliphatic carbocycles. The molecule has 5 aromatic rings.